The van der Waals surface area contributed by atoms with Crippen molar-refractivity contribution in [1.82, 2.24) is 4.98 Å². The van der Waals surface area contributed by atoms with E-state index in [9.17, 15) is 4.79 Å². The van der Waals surface area contributed by atoms with Gasteiger partial charge in [0.2, 0.25) is 0 Å². The first-order valence-corrected chi connectivity index (χ1v) is 8.35. The Hall–Kier alpha value is -1.88. The normalized spacial score (nSPS) is 14.8. The molecule has 0 radical (unpaired) electrons. The van der Waals surface area contributed by atoms with E-state index in [0.29, 0.717) is 4.88 Å². The highest BCUT2D eigenvalue weighted by Gasteiger charge is 2.27. The van der Waals surface area contributed by atoms with E-state index in [1.54, 1.807) is 6.20 Å². The van der Waals surface area contributed by atoms with Gasteiger partial charge in [0.05, 0.1) is 11.2 Å². The van der Waals surface area contributed by atoms with Gasteiger partial charge in [-0.25, -0.2) is 4.98 Å². The van der Waals surface area contributed by atoms with Crippen molar-refractivity contribution in [1.29, 1.82) is 0 Å². The summed E-state index contributed by atoms with van der Waals surface area (Å²) < 4.78 is 0. The maximum absolute atomic E-state index is 12.9. The first kappa shape index (κ1) is 15.0. The number of hydrogen-bond acceptors (Lipinski definition) is 4. The van der Waals surface area contributed by atoms with E-state index in [2.05, 4.69) is 25.8 Å². The van der Waals surface area contributed by atoms with Gasteiger partial charge >= 0.3 is 0 Å². The van der Waals surface area contributed by atoms with E-state index in [-0.39, 0.29) is 11.3 Å². The van der Waals surface area contributed by atoms with Crippen molar-refractivity contribution in [2.45, 2.75) is 39.0 Å². The summed E-state index contributed by atoms with van der Waals surface area (Å²) in [4.78, 5) is 19.8. The summed E-state index contributed by atoms with van der Waals surface area (Å²) in [6.45, 7) is 7.06. The number of nitrogens with two attached hydrogens (primary N) is 1. The van der Waals surface area contributed by atoms with E-state index < -0.39 is 0 Å². The van der Waals surface area contributed by atoms with Crippen molar-refractivity contribution in [3.63, 3.8) is 0 Å². The second-order valence-electron chi connectivity index (χ2n) is 6.68. The number of carbonyl (C=O) groups is 1. The summed E-state index contributed by atoms with van der Waals surface area (Å²) in [5, 5.41) is 0.987. The highest BCUT2D eigenvalue weighted by atomic mass is 32.1. The van der Waals surface area contributed by atoms with Crippen molar-refractivity contribution in [3.8, 4) is 0 Å². The van der Waals surface area contributed by atoms with Gasteiger partial charge in [-0.2, -0.15) is 0 Å². The molecule has 0 spiro atoms. The summed E-state index contributed by atoms with van der Waals surface area (Å²) in [5.41, 5.74) is 8.83. The molecule has 22 heavy (non-hydrogen) atoms. The molecule has 1 aromatic heterocycles. The number of aromatic nitrogens is 1. The fourth-order valence-electron chi connectivity index (χ4n) is 2.72. The topological polar surface area (TPSA) is 59.2 Å². The fraction of sp³-hybridized carbons (Fsp3) is 0.412. The molecule has 2 aromatic rings. The lowest BCUT2D eigenvalue weighted by Crippen LogP contribution is -2.35. The molecule has 1 aliphatic rings. The molecule has 5 heteroatoms. The lowest BCUT2D eigenvalue weighted by atomic mass is 9.98. The molecule has 1 aromatic carbocycles. The van der Waals surface area contributed by atoms with Crippen LogP contribution in [-0.2, 0) is 11.8 Å². The van der Waals surface area contributed by atoms with Crippen LogP contribution in [0.4, 0.5) is 11.4 Å². The first-order chi connectivity index (χ1) is 10.4. The van der Waals surface area contributed by atoms with Crippen LogP contribution in [0, 0.1) is 0 Å². The van der Waals surface area contributed by atoms with Crippen LogP contribution in [0.2, 0.25) is 0 Å². The molecule has 0 atom stereocenters. The van der Waals surface area contributed by atoms with Crippen LogP contribution in [0.5, 0.6) is 0 Å². The standard InChI is InChI=1S/C17H21N3OS/c1-17(2,3)16-19-10-14(22-16)15(21)20-9-5-6-11-12(18)7-4-8-13(11)20/h4,7-8,10H,5-6,9,18H2,1-3H3. The molecule has 0 fully saturated rings. The second-order valence-corrected chi connectivity index (χ2v) is 7.72. The van der Waals surface area contributed by atoms with E-state index in [1.807, 2.05) is 23.1 Å². The van der Waals surface area contributed by atoms with Crippen LogP contribution in [0.3, 0.4) is 0 Å². The van der Waals surface area contributed by atoms with Gasteiger partial charge in [-0.15, -0.1) is 11.3 Å². The third kappa shape index (κ3) is 2.61. The minimum atomic E-state index is -0.0343. The summed E-state index contributed by atoms with van der Waals surface area (Å²) in [5.74, 6) is 0.0274. The Morgan fingerprint density at radius 1 is 1.36 bits per heavy atom. The number of nitrogen functional groups attached to an aromatic ring is 1. The first-order valence-electron chi connectivity index (χ1n) is 7.53. The molecular weight excluding hydrogens is 294 g/mol. The molecule has 2 N–H and O–H groups in total. The molecule has 0 bridgehead atoms. The van der Waals surface area contributed by atoms with Gasteiger partial charge in [-0.3, -0.25) is 4.79 Å². The average Bonchev–Trinajstić information content (AvgIpc) is 2.96. The number of anilines is 2. The molecule has 0 unspecified atom stereocenters. The summed E-state index contributed by atoms with van der Waals surface area (Å²) >= 11 is 1.49. The molecule has 0 saturated carbocycles. The Morgan fingerprint density at radius 2 is 2.14 bits per heavy atom. The summed E-state index contributed by atoms with van der Waals surface area (Å²) in [7, 11) is 0. The zero-order valence-corrected chi connectivity index (χ0v) is 14.0. The summed E-state index contributed by atoms with van der Waals surface area (Å²) in [6, 6.07) is 5.79. The molecule has 1 amide bonds. The van der Waals surface area contributed by atoms with Gasteiger partial charge in [-0.1, -0.05) is 26.8 Å². The largest absolute Gasteiger partial charge is 0.398 e. The Balaban J connectivity index is 1.94. The maximum atomic E-state index is 12.9. The second kappa shape index (κ2) is 5.39. The van der Waals surface area contributed by atoms with Crippen LogP contribution in [0.15, 0.2) is 24.4 Å². The molecule has 0 saturated heterocycles. The quantitative estimate of drug-likeness (QED) is 0.818. The predicted molar refractivity (Wildman–Crippen MR) is 91.7 cm³/mol. The van der Waals surface area contributed by atoms with Crippen LogP contribution in [0.25, 0.3) is 0 Å². The number of rotatable bonds is 1. The van der Waals surface area contributed by atoms with Crippen LogP contribution in [-0.4, -0.2) is 17.4 Å². The van der Waals surface area contributed by atoms with Crippen molar-refractivity contribution < 1.29 is 4.79 Å². The molecular formula is C17H21N3OS. The van der Waals surface area contributed by atoms with E-state index in [4.69, 9.17) is 5.73 Å². The smallest absolute Gasteiger partial charge is 0.269 e. The number of thiazole rings is 1. The number of nitrogens with zero attached hydrogens (tertiary/aromatic N) is 2. The highest BCUT2D eigenvalue weighted by molar-refractivity contribution is 7.13. The van der Waals surface area contributed by atoms with Crippen LogP contribution in [0.1, 0.15) is 47.4 Å². The van der Waals surface area contributed by atoms with Crippen LogP contribution >= 0.6 is 11.3 Å². The van der Waals surface area contributed by atoms with Gasteiger partial charge in [0, 0.05) is 23.3 Å². The molecule has 2 heterocycles. The van der Waals surface area contributed by atoms with Gasteiger partial charge in [0.25, 0.3) is 5.91 Å². The van der Waals surface area contributed by atoms with Crippen molar-refractivity contribution in [3.05, 3.63) is 39.8 Å². The number of benzene rings is 1. The molecule has 3 rings (SSSR count). The zero-order chi connectivity index (χ0) is 15.9. The van der Waals surface area contributed by atoms with Gasteiger partial charge in [0.15, 0.2) is 0 Å². The number of hydrogen-bond donors (Lipinski definition) is 1. The predicted octanol–water partition coefficient (Wildman–Crippen LogP) is 3.62. The number of carbonyl (C=O) groups excluding carboxylic acids is 1. The lowest BCUT2D eigenvalue weighted by molar-refractivity contribution is 0.0989. The number of fused-ring (bicyclic) bond motifs is 1. The molecule has 4 nitrogen and oxygen atoms in total. The SMILES string of the molecule is CC(C)(C)c1ncc(C(=O)N2CCCc3c(N)cccc32)s1. The Labute approximate surface area is 135 Å². The van der Waals surface area contributed by atoms with E-state index >= 15 is 0 Å². The maximum Gasteiger partial charge on any atom is 0.269 e. The minimum Gasteiger partial charge on any atom is -0.398 e. The third-order valence-corrected chi connectivity index (χ3v) is 5.30. The zero-order valence-electron chi connectivity index (χ0n) is 13.2. The van der Waals surface area contributed by atoms with Crippen molar-refractivity contribution in [2.75, 3.05) is 17.2 Å². The highest BCUT2D eigenvalue weighted by Crippen LogP contribution is 2.34. The molecule has 1 aliphatic heterocycles. The van der Waals surface area contributed by atoms with Gasteiger partial charge in [0.1, 0.15) is 4.88 Å². The minimum absolute atomic E-state index is 0.0274. The van der Waals surface area contributed by atoms with Crippen LogP contribution < -0.4 is 10.6 Å². The fourth-order valence-corrected chi connectivity index (χ4v) is 3.64. The third-order valence-electron chi connectivity index (χ3n) is 3.89. The van der Waals surface area contributed by atoms with Gasteiger partial charge in [-0.05, 0) is 30.5 Å². The Kier molecular flexibility index (Phi) is 3.68. The monoisotopic (exact) mass is 315 g/mol. The summed E-state index contributed by atoms with van der Waals surface area (Å²) in [6.07, 6.45) is 3.58. The molecule has 116 valence electrons. The Morgan fingerprint density at radius 3 is 2.82 bits per heavy atom. The van der Waals surface area contributed by atoms with Gasteiger partial charge < -0.3 is 10.6 Å². The average molecular weight is 315 g/mol. The lowest BCUT2D eigenvalue weighted by Gasteiger charge is -2.29. The van der Waals surface area contributed by atoms with Crippen molar-refractivity contribution >= 4 is 28.6 Å². The molecule has 0 aliphatic carbocycles. The van der Waals surface area contributed by atoms with E-state index in [1.165, 1.54) is 11.3 Å². The van der Waals surface area contributed by atoms with E-state index in [0.717, 1.165) is 41.3 Å². The van der Waals surface area contributed by atoms with Crippen molar-refractivity contribution in [2.24, 2.45) is 0 Å². The Bertz CT molecular complexity index is 715. The number of amides is 1.